The molecule has 0 rings (SSSR count). The maximum absolute atomic E-state index is 11.0. The van der Waals surface area contributed by atoms with Crippen molar-refractivity contribution in [2.24, 2.45) is 5.73 Å². The molecule has 0 radical (unpaired) electrons. The molecule has 0 aromatic rings. The third kappa shape index (κ3) is 4.85. The molecule has 12 heavy (non-hydrogen) atoms. The molecule has 4 heteroatoms. The van der Waals surface area contributed by atoms with Crippen LogP contribution in [-0.4, -0.2) is 23.9 Å². The van der Waals surface area contributed by atoms with Crippen molar-refractivity contribution in [2.75, 3.05) is 0 Å². The molecule has 0 heterocycles. The minimum Gasteiger partial charge on any atom is -0.459 e. The van der Waals surface area contributed by atoms with Crippen molar-refractivity contribution in [1.29, 1.82) is 0 Å². The molecule has 0 saturated heterocycles. The summed E-state index contributed by atoms with van der Waals surface area (Å²) in [5.41, 5.74) is 4.79. The normalized spacial score (nSPS) is 13.7. The number of hydrogen-bond acceptors (Lipinski definition) is 4. The highest BCUT2D eigenvalue weighted by Crippen LogP contribution is 2.08. The molecule has 70 valence electrons. The van der Waals surface area contributed by atoms with E-state index in [0.29, 0.717) is 6.29 Å². The predicted molar refractivity (Wildman–Crippen MR) is 44.5 cm³/mol. The van der Waals surface area contributed by atoms with Gasteiger partial charge in [-0.05, 0) is 20.8 Å². The largest absolute Gasteiger partial charge is 0.459 e. The molecular weight excluding hydrogens is 158 g/mol. The average Bonchev–Trinajstić information content (AvgIpc) is 1.84. The Labute approximate surface area is 72.1 Å². The van der Waals surface area contributed by atoms with Crippen LogP contribution in [0.5, 0.6) is 0 Å². The van der Waals surface area contributed by atoms with E-state index in [-0.39, 0.29) is 6.42 Å². The highest BCUT2D eigenvalue weighted by atomic mass is 16.6. The lowest BCUT2D eigenvalue weighted by atomic mass is 10.2. The highest BCUT2D eigenvalue weighted by Gasteiger charge is 2.21. The van der Waals surface area contributed by atoms with Crippen molar-refractivity contribution in [3.05, 3.63) is 0 Å². The number of aldehydes is 1. The summed E-state index contributed by atoms with van der Waals surface area (Å²) in [4.78, 5) is 21.0. The predicted octanol–water partition coefficient (Wildman–Crippen LogP) is 0.244. The van der Waals surface area contributed by atoms with E-state index >= 15 is 0 Å². The zero-order chi connectivity index (χ0) is 9.78. The van der Waals surface area contributed by atoms with Gasteiger partial charge >= 0.3 is 5.97 Å². The fourth-order valence-corrected chi connectivity index (χ4v) is 0.577. The van der Waals surface area contributed by atoms with Gasteiger partial charge in [0.1, 0.15) is 17.9 Å². The second-order valence-corrected chi connectivity index (χ2v) is 3.54. The highest BCUT2D eigenvalue weighted by molar-refractivity contribution is 5.78. The Bertz CT molecular complexity index is 172. The number of nitrogens with two attached hydrogens (primary N) is 1. The number of esters is 1. The van der Waals surface area contributed by atoms with E-state index in [2.05, 4.69) is 0 Å². The van der Waals surface area contributed by atoms with Crippen LogP contribution in [0.1, 0.15) is 27.2 Å². The van der Waals surface area contributed by atoms with E-state index in [1.54, 1.807) is 20.8 Å². The zero-order valence-electron chi connectivity index (χ0n) is 7.66. The minimum absolute atomic E-state index is 0.00884. The Morgan fingerprint density at radius 2 is 2.08 bits per heavy atom. The molecule has 0 aromatic heterocycles. The van der Waals surface area contributed by atoms with Crippen molar-refractivity contribution in [3.8, 4) is 0 Å². The lowest BCUT2D eigenvalue weighted by Crippen LogP contribution is -2.37. The van der Waals surface area contributed by atoms with Gasteiger partial charge in [-0.1, -0.05) is 0 Å². The molecule has 0 bridgehead atoms. The number of rotatable bonds is 3. The van der Waals surface area contributed by atoms with Gasteiger partial charge in [0.25, 0.3) is 0 Å². The summed E-state index contributed by atoms with van der Waals surface area (Å²) in [6.07, 6.45) is 0.615. The van der Waals surface area contributed by atoms with E-state index in [1.165, 1.54) is 0 Å². The summed E-state index contributed by atoms with van der Waals surface area (Å²) < 4.78 is 4.93. The minimum atomic E-state index is -0.832. The lowest BCUT2D eigenvalue weighted by molar-refractivity contribution is -0.157. The third-order valence-electron chi connectivity index (χ3n) is 1.06. The monoisotopic (exact) mass is 173 g/mol. The van der Waals surface area contributed by atoms with Gasteiger partial charge < -0.3 is 15.3 Å². The van der Waals surface area contributed by atoms with Crippen LogP contribution in [0.15, 0.2) is 0 Å². The molecule has 1 atom stereocenters. The Hall–Kier alpha value is -0.900. The SMILES string of the molecule is CC(C)(C)OC(=O)[C@@H](N)CC=O. The Morgan fingerprint density at radius 1 is 1.58 bits per heavy atom. The number of carbonyl (C=O) groups is 2. The van der Waals surface area contributed by atoms with Gasteiger partial charge in [-0.25, -0.2) is 0 Å². The number of hydrogen-bond donors (Lipinski definition) is 1. The standard InChI is InChI=1S/C8H15NO3/c1-8(2,3)12-7(11)6(9)4-5-10/h5-6H,4,9H2,1-3H3/t6-/m0/s1. The van der Waals surface area contributed by atoms with Gasteiger partial charge in [0.15, 0.2) is 0 Å². The summed E-state index contributed by atoms with van der Waals surface area (Å²) in [6, 6.07) is -0.832. The van der Waals surface area contributed by atoms with Crippen LogP contribution in [0.2, 0.25) is 0 Å². The number of ether oxygens (including phenoxy) is 1. The van der Waals surface area contributed by atoms with E-state index in [1.807, 2.05) is 0 Å². The van der Waals surface area contributed by atoms with E-state index in [4.69, 9.17) is 10.5 Å². The van der Waals surface area contributed by atoms with Crippen molar-refractivity contribution in [2.45, 2.75) is 38.8 Å². The van der Waals surface area contributed by atoms with Crippen molar-refractivity contribution in [3.63, 3.8) is 0 Å². The van der Waals surface area contributed by atoms with Crippen molar-refractivity contribution >= 4 is 12.3 Å². The second kappa shape index (κ2) is 4.21. The molecule has 0 aliphatic heterocycles. The average molecular weight is 173 g/mol. The van der Waals surface area contributed by atoms with Crippen LogP contribution in [0.25, 0.3) is 0 Å². The van der Waals surface area contributed by atoms with E-state index in [0.717, 1.165) is 0 Å². The Balaban J connectivity index is 3.95. The van der Waals surface area contributed by atoms with Crippen molar-refractivity contribution in [1.82, 2.24) is 0 Å². The van der Waals surface area contributed by atoms with Gasteiger partial charge in [0.2, 0.25) is 0 Å². The Kier molecular flexibility index (Phi) is 3.89. The van der Waals surface area contributed by atoms with Crippen LogP contribution < -0.4 is 5.73 Å². The third-order valence-corrected chi connectivity index (χ3v) is 1.06. The number of carbonyl (C=O) groups excluding carboxylic acids is 2. The molecular formula is C8H15NO3. The lowest BCUT2D eigenvalue weighted by Gasteiger charge is -2.21. The fraction of sp³-hybridized carbons (Fsp3) is 0.750. The summed E-state index contributed by atoms with van der Waals surface area (Å²) in [5, 5.41) is 0. The first-order valence-corrected chi connectivity index (χ1v) is 3.79. The maximum Gasteiger partial charge on any atom is 0.323 e. The summed E-state index contributed by atoms with van der Waals surface area (Å²) in [6.45, 7) is 5.25. The first-order chi connectivity index (χ1) is 5.37. The quantitative estimate of drug-likeness (QED) is 0.490. The maximum atomic E-state index is 11.0. The van der Waals surface area contributed by atoms with Crippen LogP contribution in [0.3, 0.4) is 0 Å². The second-order valence-electron chi connectivity index (χ2n) is 3.54. The molecule has 0 unspecified atom stereocenters. The van der Waals surface area contributed by atoms with E-state index < -0.39 is 17.6 Å². The van der Waals surface area contributed by atoms with Crippen LogP contribution in [0, 0.1) is 0 Å². The summed E-state index contributed by atoms with van der Waals surface area (Å²) in [7, 11) is 0. The van der Waals surface area contributed by atoms with Gasteiger partial charge in [0.05, 0.1) is 0 Å². The van der Waals surface area contributed by atoms with E-state index in [9.17, 15) is 9.59 Å². The van der Waals surface area contributed by atoms with Gasteiger partial charge in [-0.3, -0.25) is 4.79 Å². The molecule has 0 aromatic carbocycles. The van der Waals surface area contributed by atoms with Crippen LogP contribution in [0.4, 0.5) is 0 Å². The first kappa shape index (κ1) is 11.1. The van der Waals surface area contributed by atoms with Crippen LogP contribution >= 0.6 is 0 Å². The molecule has 0 aliphatic rings. The molecule has 0 spiro atoms. The van der Waals surface area contributed by atoms with Crippen LogP contribution in [-0.2, 0) is 14.3 Å². The molecule has 4 nitrogen and oxygen atoms in total. The van der Waals surface area contributed by atoms with Gasteiger partial charge in [-0.2, -0.15) is 0 Å². The molecule has 0 fully saturated rings. The summed E-state index contributed by atoms with van der Waals surface area (Å²) in [5.74, 6) is -0.533. The molecule has 0 saturated carbocycles. The molecule has 2 N–H and O–H groups in total. The topological polar surface area (TPSA) is 69.4 Å². The molecule has 0 aliphatic carbocycles. The summed E-state index contributed by atoms with van der Waals surface area (Å²) >= 11 is 0. The smallest absolute Gasteiger partial charge is 0.323 e. The zero-order valence-corrected chi connectivity index (χ0v) is 7.66. The first-order valence-electron chi connectivity index (χ1n) is 3.79. The van der Waals surface area contributed by atoms with Crippen molar-refractivity contribution < 1.29 is 14.3 Å². The van der Waals surface area contributed by atoms with Gasteiger partial charge in [0, 0.05) is 6.42 Å². The van der Waals surface area contributed by atoms with Gasteiger partial charge in [-0.15, -0.1) is 0 Å². The fourth-order valence-electron chi connectivity index (χ4n) is 0.577. The Morgan fingerprint density at radius 3 is 2.42 bits per heavy atom. The molecule has 0 amide bonds.